The molecule has 0 aliphatic heterocycles. The number of nitrogens with one attached hydrogen (secondary N) is 2. The number of hydrogen-bond donors (Lipinski definition) is 2. The number of benzene rings is 2. The number of rotatable bonds is 4. The maximum atomic E-state index is 3.56. The fourth-order valence-electron chi connectivity index (χ4n) is 2.33. The standard InChI is InChI=1S/C18H24N2/c1-18(2,3)16-10-5-6-11-17(16)20-13-14-8-7-9-15(12-14)19-4/h5-12,19-20H,13H2,1-4H3. The Labute approximate surface area is 122 Å². The molecule has 0 aliphatic carbocycles. The molecule has 0 amide bonds. The first-order valence-electron chi connectivity index (χ1n) is 7.11. The van der Waals surface area contributed by atoms with E-state index in [-0.39, 0.29) is 5.41 Å². The number of hydrogen-bond acceptors (Lipinski definition) is 2. The molecule has 0 bridgehead atoms. The Bertz CT molecular complexity index is 568. The minimum atomic E-state index is 0.149. The lowest BCUT2D eigenvalue weighted by Gasteiger charge is -2.23. The minimum Gasteiger partial charge on any atom is -0.388 e. The van der Waals surface area contributed by atoms with Crippen LogP contribution in [0.15, 0.2) is 48.5 Å². The molecule has 0 saturated heterocycles. The zero-order valence-corrected chi connectivity index (χ0v) is 12.8. The Kier molecular flexibility index (Phi) is 4.33. The van der Waals surface area contributed by atoms with Crippen LogP contribution in [0.5, 0.6) is 0 Å². The van der Waals surface area contributed by atoms with E-state index < -0.39 is 0 Å². The van der Waals surface area contributed by atoms with Gasteiger partial charge in [0.15, 0.2) is 0 Å². The van der Waals surface area contributed by atoms with Crippen LogP contribution in [-0.4, -0.2) is 7.05 Å². The summed E-state index contributed by atoms with van der Waals surface area (Å²) in [6.45, 7) is 7.57. The summed E-state index contributed by atoms with van der Waals surface area (Å²) in [6.07, 6.45) is 0. The molecule has 2 heteroatoms. The van der Waals surface area contributed by atoms with Gasteiger partial charge in [0.25, 0.3) is 0 Å². The van der Waals surface area contributed by atoms with Crippen molar-refractivity contribution in [1.82, 2.24) is 0 Å². The van der Waals surface area contributed by atoms with E-state index in [1.807, 2.05) is 7.05 Å². The lowest BCUT2D eigenvalue weighted by Crippen LogP contribution is -2.14. The quantitative estimate of drug-likeness (QED) is 0.844. The first kappa shape index (κ1) is 14.4. The maximum absolute atomic E-state index is 3.56. The minimum absolute atomic E-state index is 0.149. The van der Waals surface area contributed by atoms with Gasteiger partial charge in [-0.15, -0.1) is 0 Å². The first-order valence-corrected chi connectivity index (χ1v) is 7.11. The molecule has 0 fully saturated rings. The topological polar surface area (TPSA) is 24.1 Å². The lowest BCUT2D eigenvalue weighted by molar-refractivity contribution is 0.591. The molecule has 0 heterocycles. The molecule has 2 nitrogen and oxygen atoms in total. The van der Waals surface area contributed by atoms with Crippen molar-refractivity contribution < 1.29 is 0 Å². The maximum Gasteiger partial charge on any atom is 0.0401 e. The van der Waals surface area contributed by atoms with E-state index in [4.69, 9.17) is 0 Å². The van der Waals surface area contributed by atoms with E-state index in [0.717, 1.165) is 12.2 Å². The van der Waals surface area contributed by atoms with E-state index in [1.54, 1.807) is 0 Å². The summed E-state index contributed by atoms with van der Waals surface area (Å²) in [5.74, 6) is 0. The molecule has 2 N–H and O–H groups in total. The summed E-state index contributed by atoms with van der Waals surface area (Å²) in [5, 5.41) is 6.73. The Morgan fingerprint density at radius 1 is 0.950 bits per heavy atom. The van der Waals surface area contributed by atoms with Gasteiger partial charge in [-0.05, 0) is 34.7 Å². The number of para-hydroxylation sites is 1. The zero-order valence-electron chi connectivity index (χ0n) is 12.8. The van der Waals surface area contributed by atoms with Gasteiger partial charge in [0.2, 0.25) is 0 Å². The predicted octanol–water partition coefficient (Wildman–Crippen LogP) is 4.64. The Morgan fingerprint density at radius 3 is 2.40 bits per heavy atom. The second-order valence-electron chi connectivity index (χ2n) is 6.10. The van der Waals surface area contributed by atoms with Crippen LogP contribution in [0.4, 0.5) is 11.4 Å². The zero-order chi connectivity index (χ0) is 14.6. The summed E-state index contributed by atoms with van der Waals surface area (Å²) in [7, 11) is 1.95. The van der Waals surface area contributed by atoms with E-state index in [9.17, 15) is 0 Å². The second-order valence-corrected chi connectivity index (χ2v) is 6.10. The van der Waals surface area contributed by atoms with Gasteiger partial charge in [-0.3, -0.25) is 0 Å². The molecule has 2 aromatic rings. The first-order chi connectivity index (χ1) is 9.50. The third-order valence-corrected chi connectivity index (χ3v) is 3.43. The Balaban J connectivity index is 2.15. The van der Waals surface area contributed by atoms with Crippen LogP contribution in [0, 0.1) is 0 Å². The highest BCUT2D eigenvalue weighted by atomic mass is 14.9. The highest BCUT2D eigenvalue weighted by Crippen LogP contribution is 2.29. The largest absolute Gasteiger partial charge is 0.388 e. The van der Waals surface area contributed by atoms with Crippen LogP contribution in [0.1, 0.15) is 31.9 Å². The molecule has 0 aromatic heterocycles. The average molecular weight is 268 g/mol. The second kappa shape index (κ2) is 6.00. The normalized spacial score (nSPS) is 11.2. The van der Waals surface area contributed by atoms with Gasteiger partial charge in [0, 0.05) is 25.0 Å². The van der Waals surface area contributed by atoms with Gasteiger partial charge >= 0.3 is 0 Å². The summed E-state index contributed by atoms with van der Waals surface area (Å²) < 4.78 is 0. The van der Waals surface area contributed by atoms with Crippen molar-refractivity contribution in [3.05, 3.63) is 59.7 Å². The van der Waals surface area contributed by atoms with Crippen LogP contribution < -0.4 is 10.6 Å². The molecule has 2 aromatic carbocycles. The predicted molar refractivity (Wildman–Crippen MR) is 88.5 cm³/mol. The third-order valence-electron chi connectivity index (χ3n) is 3.43. The van der Waals surface area contributed by atoms with E-state index in [2.05, 4.69) is 79.9 Å². The van der Waals surface area contributed by atoms with Crippen molar-refractivity contribution in [1.29, 1.82) is 0 Å². The fraction of sp³-hybridized carbons (Fsp3) is 0.333. The fourth-order valence-corrected chi connectivity index (χ4v) is 2.33. The van der Waals surface area contributed by atoms with Gasteiger partial charge in [-0.1, -0.05) is 51.1 Å². The molecule has 0 saturated carbocycles. The smallest absolute Gasteiger partial charge is 0.0401 e. The molecule has 106 valence electrons. The van der Waals surface area contributed by atoms with Crippen LogP contribution in [0.3, 0.4) is 0 Å². The molecule has 0 unspecified atom stereocenters. The Morgan fingerprint density at radius 2 is 1.70 bits per heavy atom. The molecule has 0 aliphatic rings. The summed E-state index contributed by atoms with van der Waals surface area (Å²) in [4.78, 5) is 0. The molecular formula is C18H24N2. The average Bonchev–Trinajstić information content (AvgIpc) is 2.44. The van der Waals surface area contributed by atoms with Crippen molar-refractivity contribution in [2.45, 2.75) is 32.7 Å². The number of anilines is 2. The third kappa shape index (κ3) is 3.53. The molecule has 2 rings (SSSR count). The molecule has 20 heavy (non-hydrogen) atoms. The summed E-state index contributed by atoms with van der Waals surface area (Å²) >= 11 is 0. The lowest BCUT2D eigenvalue weighted by atomic mass is 9.86. The van der Waals surface area contributed by atoms with Gasteiger partial charge < -0.3 is 10.6 Å². The van der Waals surface area contributed by atoms with Gasteiger partial charge in [-0.2, -0.15) is 0 Å². The summed E-state index contributed by atoms with van der Waals surface area (Å²) in [5.41, 5.74) is 5.14. The van der Waals surface area contributed by atoms with E-state index in [1.165, 1.54) is 16.8 Å². The van der Waals surface area contributed by atoms with Crippen LogP contribution >= 0.6 is 0 Å². The van der Waals surface area contributed by atoms with Crippen LogP contribution in [0.25, 0.3) is 0 Å². The van der Waals surface area contributed by atoms with Gasteiger partial charge in [0.05, 0.1) is 0 Å². The van der Waals surface area contributed by atoms with Crippen molar-refractivity contribution in [2.24, 2.45) is 0 Å². The van der Waals surface area contributed by atoms with Crippen molar-refractivity contribution in [3.8, 4) is 0 Å². The van der Waals surface area contributed by atoms with Crippen LogP contribution in [-0.2, 0) is 12.0 Å². The summed E-state index contributed by atoms with van der Waals surface area (Å²) in [6, 6.07) is 17.0. The molecule has 0 radical (unpaired) electrons. The van der Waals surface area contributed by atoms with E-state index >= 15 is 0 Å². The highest BCUT2D eigenvalue weighted by molar-refractivity contribution is 5.55. The molecular weight excluding hydrogens is 244 g/mol. The molecule has 0 spiro atoms. The monoisotopic (exact) mass is 268 g/mol. The molecule has 0 atom stereocenters. The Hall–Kier alpha value is -1.96. The van der Waals surface area contributed by atoms with Crippen molar-refractivity contribution in [3.63, 3.8) is 0 Å². The van der Waals surface area contributed by atoms with Gasteiger partial charge in [-0.25, -0.2) is 0 Å². The SMILES string of the molecule is CNc1cccc(CNc2ccccc2C(C)(C)C)c1. The van der Waals surface area contributed by atoms with E-state index in [0.29, 0.717) is 0 Å². The van der Waals surface area contributed by atoms with Crippen LogP contribution in [0.2, 0.25) is 0 Å². The van der Waals surface area contributed by atoms with Gasteiger partial charge in [0.1, 0.15) is 0 Å². The van der Waals surface area contributed by atoms with Crippen molar-refractivity contribution in [2.75, 3.05) is 17.7 Å². The van der Waals surface area contributed by atoms with Crippen molar-refractivity contribution >= 4 is 11.4 Å². The highest BCUT2D eigenvalue weighted by Gasteiger charge is 2.16.